The van der Waals surface area contributed by atoms with E-state index in [1.54, 1.807) is 24.3 Å². The van der Waals surface area contributed by atoms with Crippen LogP contribution in [0.2, 0.25) is 0 Å². The van der Waals surface area contributed by atoms with E-state index >= 15 is 0 Å². The summed E-state index contributed by atoms with van der Waals surface area (Å²) in [6, 6.07) is 12.4. The lowest BCUT2D eigenvalue weighted by Gasteiger charge is -2.10. The summed E-state index contributed by atoms with van der Waals surface area (Å²) in [5.41, 5.74) is 7.84. The minimum Gasteiger partial charge on any atom is -0.326 e. The third-order valence-corrected chi connectivity index (χ3v) is 4.19. The van der Waals surface area contributed by atoms with Gasteiger partial charge in [-0.2, -0.15) is 0 Å². The quantitative estimate of drug-likeness (QED) is 0.652. The van der Waals surface area contributed by atoms with Crippen molar-refractivity contribution in [3.8, 4) is 0 Å². The van der Waals surface area contributed by atoms with Crippen LogP contribution in [-0.4, -0.2) is 17.7 Å². The van der Waals surface area contributed by atoms with Gasteiger partial charge < -0.3 is 5.32 Å². The minimum absolute atomic E-state index is 0.0211. The summed E-state index contributed by atoms with van der Waals surface area (Å²) in [4.78, 5) is 35.6. The van der Waals surface area contributed by atoms with E-state index in [4.69, 9.17) is 0 Å². The van der Waals surface area contributed by atoms with Crippen LogP contribution >= 0.6 is 15.9 Å². The minimum atomic E-state index is -0.439. The summed E-state index contributed by atoms with van der Waals surface area (Å²) in [5, 5.41) is 2.78. The molecule has 0 heterocycles. The fourth-order valence-electron chi connectivity index (χ4n) is 2.26. The molecule has 0 spiro atoms. The highest BCUT2D eigenvalue weighted by molar-refractivity contribution is 9.10. The first-order chi connectivity index (χ1) is 12.3. The number of aryl methyl sites for hydroxylation is 2. The Labute approximate surface area is 160 Å². The highest BCUT2D eigenvalue weighted by Gasteiger charge is 2.10. The zero-order valence-electron chi connectivity index (χ0n) is 14.6. The Morgan fingerprint density at radius 3 is 2.19 bits per heavy atom. The van der Waals surface area contributed by atoms with E-state index in [1.165, 1.54) is 0 Å². The third kappa shape index (κ3) is 6.00. The van der Waals surface area contributed by atoms with Crippen molar-refractivity contribution in [3.05, 3.63) is 63.6 Å². The molecule has 0 aliphatic heterocycles. The highest BCUT2D eigenvalue weighted by atomic mass is 79.9. The number of amides is 3. The topological polar surface area (TPSA) is 87.3 Å². The normalized spacial score (nSPS) is 10.1. The van der Waals surface area contributed by atoms with E-state index in [0.29, 0.717) is 5.56 Å². The molecule has 6 nitrogen and oxygen atoms in total. The highest BCUT2D eigenvalue weighted by Crippen LogP contribution is 2.16. The van der Waals surface area contributed by atoms with Gasteiger partial charge in [-0.1, -0.05) is 33.6 Å². The van der Waals surface area contributed by atoms with E-state index in [9.17, 15) is 14.4 Å². The summed E-state index contributed by atoms with van der Waals surface area (Å²) < 4.78 is 0.855. The molecule has 0 aromatic heterocycles. The zero-order valence-corrected chi connectivity index (χ0v) is 16.1. The van der Waals surface area contributed by atoms with Gasteiger partial charge in [0.2, 0.25) is 11.8 Å². The van der Waals surface area contributed by atoms with Crippen LogP contribution in [0.1, 0.15) is 34.3 Å². The second kappa shape index (κ2) is 9.15. The Balaban J connectivity index is 1.74. The van der Waals surface area contributed by atoms with Crippen LogP contribution < -0.4 is 16.2 Å². The number of nitrogens with one attached hydrogen (secondary N) is 3. The number of hydrogen-bond donors (Lipinski definition) is 3. The molecule has 0 atom stereocenters. The number of rotatable bonds is 5. The van der Waals surface area contributed by atoms with Gasteiger partial charge in [0.1, 0.15) is 0 Å². The molecule has 0 aliphatic carbocycles. The number of hydrogen-bond acceptors (Lipinski definition) is 3. The van der Waals surface area contributed by atoms with Crippen LogP contribution in [0.4, 0.5) is 5.69 Å². The molecule has 26 heavy (non-hydrogen) atoms. The smallest absolute Gasteiger partial charge is 0.269 e. The SMILES string of the molecule is Cc1ccc(NC(=O)CCC(=O)NNC(=O)c2ccc(Br)cc2)c(C)c1. The maximum Gasteiger partial charge on any atom is 0.269 e. The van der Waals surface area contributed by atoms with Gasteiger partial charge in [0.05, 0.1) is 0 Å². The number of hydrazine groups is 1. The number of halogens is 1. The molecule has 0 saturated heterocycles. The molecule has 2 rings (SSSR count). The Bertz CT molecular complexity index is 819. The van der Waals surface area contributed by atoms with Crippen molar-refractivity contribution in [3.63, 3.8) is 0 Å². The molecule has 7 heteroatoms. The van der Waals surface area contributed by atoms with Crippen LogP contribution in [0.5, 0.6) is 0 Å². The lowest BCUT2D eigenvalue weighted by molar-refractivity contribution is -0.124. The van der Waals surface area contributed by atoms with Gasteiger partial charge in [-0.05, 0) is 49.7 Å². The average molecular weight is 418 g/mol. The summed E-state index contributed by atoms with van der Waals surface area (Å²) >= 11 is 3.28. The van der Waals surface area contributed by atoms with Gasteiger partial charge in [-0.15, -0.1) is 0 Å². The molecular weight excluding hydrogens is 398 g/mol. The van der Waals surface area contributed by atoms with Gasteiger partial charge in [0.25, 0.3) is 5.91 Å². The molecular formula is C19H20BrN3O3. The molecule has 0 bridgehead atoms. The molecule has 136 valence electrons. The first-order valence-corrected chi connectivity index (χ1v) is 8.86. The second-order valence-electron chi connectivity index (χ2n) is 5.88. The number of carbonyl (C=O) groups is 3. The number of carbonyl (C=O) groups excluding carboxylic acids is 3. The van der Waals surface area contributed by atoms with Gasteiger partial charge in [-0.3, -0.25) is 25.2 Å². The molecule has 3 amide bonds. The molecule has 0 aliphatic rings. The van der Waals surface area contributed by atoms with Gasteiger partial charge in [-0.25, -0.2) is 0 Å². The van der Waals surface area contributed by atoms with Crippen LogP contribution in [0.3, 0.4) is 0 Å². The van der Waals surface area contributed by atoms with E-state index in [0.717, 1.165) is 21.3 Å². The maximum atomic E-state index is 12.0. The summed E-state index contributed by atoms with van der Waals surface area (Å²) in [5.74, 6) is -1.12. The fourth-order valence-corrected chi connectivity index (χ4v) is 2.52. The lowest BCUT2D eigenvalue weighted by atomic mass is 10.1. The Kier molecular flexibility index (Phi) is 6.91. The molecule has 2 aromatic rings. The molecule has 2 aromatic carbocycles. The van der Waals surface area contributed by atoms with Crippen molar-refractivity contribution in [2.75, 3.05) is 5.32 Å². The first-order valence-electron chi connectivity index (χ1n) is 8.07. The predicted octanol–water partition coefficient (Wildman–Crippen LogP) is 3.25. The summed E-state index contributed by atoms with van der Waals surface area (Å²) in [7, 11) is 0. The van der Waals surface area contributed by atoms with Crippen molar-refractivity contribution in [2.24, 2.45) is 0 Å². The van der Waals surface area contributed by atoms with Crippen molar-refractivity contribution in [2.45, 2.75) is 26.7 Å². The lowest BCUT2D eigenvalue weighted by Crippen LogP contribution is -2.41. The van der Waals surface area contributed by atoms with Crippen LogP contribution in [0.15, 0.2) is 46.9 Å². The standard InChI is InChI=1S/C19H20BrN3O3/c1-12-3-8-16(13(2)11-12)21-17(24)9-10-18(25)22-23-19(26)14-4-6-15(20)7-5-14/h3-8,11H,9-10H2,1-2H3,(H,21,24)(H,22,25)(H,23,26). The first kappa shape index (κ1) is 19.7. The second-order valence-corrected chi connectivity index (χ2v) is 6.79. The van der Waals surface area contributed by atoms with Crippen molar-refractivity contribution >= 4 is 39.3 Å². The fraction of sp³-hybridized carbons (Fsp3) is 0.211. The van der Waals surface area contributed by atoms with E-state index in [-0.39, 0.29) is 18.7 Å². The zero-order chi connectivity index (χ0) is 19.1. The molecule has 0 unspecified atom stereocenters. The van der Waals surface area contributed by atoms with Crippen LogP contribution in [0.25, 0.3) is 0 Å². The van der Waals surface area contributed by atoms with Crippen LogP contribution in [0, 0.1) is 13.8 Å². The van der Waals surface area contributed by atoms with E-state index < -0.39 is 11.8 Å². The molecule has 0 radical (unpaired) electrons. The monoisotopic (exact) mass is 417 g/mol. The average Bonchev–Trinajstić information content (AvgIpc) is 2.61. The number of benzene rings is 2. The Morgan fingerprint density at radius 1 is 0.885 bits per heavy atom. The molecule has 0 saturated carbocycles. The van der Waals surface area contributed by atoms with E-state index in [2.05, 4.69) is 32.1 Å². The predicted molar refractivity (Wildman–Crippen MR) is 104 cm³/mol. The van der Waals surface area contributed by atoms with E-state index in [1.807, 2.05) is 32.0 Å². The third-order valence-electron chi connectivity index (χ3n) is 3.66. The van der Waals surface area contributed by atoms with Crippen molar-refractivity contribution in [1.29, 1.82) is 0 Å². The Hall–Kier alpha value is -2.67. The Morgan fingerprint density at radius 2 is 1.54 bits per heavy atom. The maximum absolute atomic E-state index is 12.0. The summed E-state index contributed by atoms with van der Waals surface area (Å²) in [6.45, 7) is 3.89. The number of anilines is 1. The van der Waals surface area contributed by atoms with Crippen LogP contribution in [-0.2, 0) is 9.59 Å². The van der Waals surface area contributed by atoms with Crippen molar-refractivity contribution < 1.29 is 14.4 Å². The molecule has 0 fully saturated rings. The largest absolute Gasteiger partial charge is 0.326 e. The molecule has 3 N–H and O–H groups in total. The van der Waals surface area contributed by atoms with Crippen molar-refractivity contribution in [1.82, 2.24) is 10.9 Å². The van der Waals surface area contributed by atoms with Gasteiger partial charge in [0.15, 0.2) is 0 Å². The summed E-state index contributed by atoms with van der Waals surface area (Å²) in [6.07, 6.45) is -0.00926. The van der Waals surface area contributed by atoms with Gasteiger partial charge >= 0.3 is 0 Å². The van der Waals surface area contributed by atoms with Gasteiger partial charge in [0, 0.05) is 28.6 Å².